The van der Waals surface area contributed by atoms with Crippen LogP contribution >= 0.6 is 0 Å². The van der Waals surface area contributed by atoms with Gasteiger partial charge in [-0.05, 0) is 54.5 Å². The van der Waals surface area contributed by atoms with Crippen molar-refractivity contribution < 1.29 is 15.2 Å². The molecular formula is C17H19NO3. The lowest BCUT2D eigenvalue weighted by molar-refractivity contribution is 0.0285. The molecule has 0 atom stereocenters. The van der Waals surface area contributed by atoms with E-state index >= 15 is 0 Å². The molecule has 21 heavy (non-hydrogen) atoms. The number of ether oxygens (including phenoxy) is 1. The molecule has 2 N–H and O–H groups in total. The molecule has 0 saturated heterocycles. The minimum Gasteiger partial charge on any atom is -0.489 e. The fraction of sp³-hybridized carbons (Fsp3) is 0.294. The van der Waals surface area contributed by atoms with Crippen LogP contribution in [-0.2, 0) is 19.4 Å². The lowest BCUT2D eigenvalue weighted by Crippen LogP contribution is -2.17. The smallest absolute Gasteiger partial charge is 0.123 e. The van der Waals surface area contributed by atoms with Gasteiger partial charge in [0.05, 0.1) is 5.69 Å². The van der Waals surface area contributed by atoms with Crippen LogP contribution in [0.5, 0.6) is 5.75 Å². The van der Waals surface area contributed by atoms with Gasteiger partial charge in [-0.2, -0.15) is 0 Å². The van der Waals surface area contributed by atoms with Crippen molar-refractivity contribution in [1.29, 1.82) is 0 Å². The van der Waals surface area contributed by atoms with Gasteiger partial charge in [-0.25, -0.2) is 0 Å². The van der Waals surface area contributed by atoms with E-state index in [1.807, 2.05) is 36.4 Å². The van der Waals surface area contributed by atoms with Crippen LogP contribution < -0.4 is 9.96 Å². The summed E-state index contributed by atoms with van der Waals surface area (Å²) in [7, 11) is 0. The van der Waals surface area contributed by atoms with E-state index in [9.17, 15) is 10.4 Å². The first kappa shape index (κ1) is 13.9. The number of hydrogen-bond donors (Lipinski definition) is 2. The monoisotopic (exact) mass is 285 g/mol. The summed E-state index contributed by atoms with van der Waals surface area (Å²) in [6.07, 6.45) is 3.94. The molecule has 3 rings (SSSR count). The summed E-state index contributed by atoms with van der Waals surface area (Å²) in [5, 5.41) is 18.9. The van der Waals surface area contributed by atoms with Crippen LogP contribution in [0.2, 0.25) is 0 Å². The molecular weight excluding hydrogens is 266 g/mol. The lowest BCUT2D eigenvalue weighted by atomic mass is 9.89. The minimum absolute atomic E-state index is 0.213. The predicted octanol–water partition coefficient (Wildman–Crippen LogP) is 3.73. The van der Waals surface area contributed by atoms with Crippen LogP contribution in [0, 0.1) is 0 Å². The molecule has 0 bridgehead atoms. The number of anilines is 1. The summed E-state index contributed by atoms with van der Waals surface area (Å²) in [5.74, 6) is 0.846. The molecule has 4 nitrogen and oxygen atoms in total. The van der Waals surface area contributed by atoms with Crippen molar-refractivity contribution in [2.75, 3.05) is 5.23 Å². The van der Waals surface area contributed by atoms with Gasteiger partial charge in [-0.3, -0.25) is 10.4 Å². The number of hydrogen-bond acceptors (Lipinski definition) is 4. The topological polar surface area (TPSA) is 52.9 Å². The maximum absolute atomic E-state index is 9.33. The second kappa shape index (κ2) is 6.16. The molecule has 0 radical (unpaired) electrons. The van der Waals surface area contributed by atoms with E-state index < -0.39 is 0 Å². The Morgan fingerprint density at radius 2 is 1.62 bits per heavy atom. The highest BCUT2D eigenvalue weighted by molar-refractivity contribution is 5.59. The molecule has 2 aromatic carbocycles. The second-order valence-electron chi connectivity index (χ2n) is 5.31. The van der Waals surface area contributed by atoms with E-state index in [1.54, 1.807) is 6.07 Å². The zero-order chi connectivity index (χ0) is 14.7. The van der Waals surface area contributed by atoms with Gasteiger partial charge in [0.25, 0.3) is 0 Å². The third-order valence-corrected chi connectivity index (χ3v) is 3.92. The highest BCUT2D eigenvalue weighted by Gasteiger charge is 2.20. The molecule has 1 aliphatic rings. The second-order valence-corrected chi connectivity index (χ2v) is 5.31. The van der Waals surface area contributed by atoms with Crippen LogP contribution in [0.3, 0.4) is 0 Å². The normalized spacial score (nSPS) is 13.6. The van der Waals surface area contributed by atoms with Crippen molar-refractivity contribution in [2.24, 2.45) is 0 Å². The average Bonchev–Trinajstić information content (AvgIpc) is 2.53. The van der Waals surface area contributed by atoms with Crippen molar-refractivity contribution in [3.05, 3.63) is 59.2 Å². The molecule has 110 valence electrons. The largest absolute Gasteiger partial charge is 0.489 e. The zero-order valence-electron chi connectivity index (χ0n) is 11.8. The molecule has 4 heteroatoms. The number of rotatable bonds is 4. The standard InChI is InChI=1S/C17H19NO3/c19-18(20)16-10-11-17(15-9-5-4-8-14(15)16)21-12-13-6-2-1-3-7-13/h1-3,6-7,10-11,19-20H,4-5,8-9,12H2. The fourth-order valence-corrected chi connectivity index (χ4v) is 2.87. The third-order valence-electron chi connectivity index (χ3n) is 3.92. The molecule has 1 aliphatic carbocycles. The first-order valence-electron chi connectivity index (χ1n) is 7.25. The molecule has 0 fully saturated rings. The van der Waals surface area contributed by atoms with E-state index in [0.717, 1.165) is 48.1 Å². The lowest BCUT2D eigenvalue weighted by Gasteiger charge is -2.24. The van der Waals surface area contributed by atoms with Crippen molar-refractivity contribution in [1.82, 2.24) is 0 Å². The Bertz CT molecular complexity index is 611. The van der Waals surface area contributed by atoms with Gasteiger partial charge in [0, 0.05) is 0 Å². The predicted molar refractivity (Wildman–Crippen MR) is 79.9 cm³/mol. The fourth-order valence-electron chi connectivity index (χ4n) is 2.87. The summed E-state index contributed by atoms with van der Waals surface area (Å²) >= 11 is 0. The average molecular weight is 285 g/mol. The first-order valence-corrected chi connectivity index (χ1v) is 7.25. The highest BCUT2D eigenvalue weighted by atomic mass is 16.8. The van der Waals surface area contributed by atoms with Gasteiger partial charge in [-0.1, -0.05) is 30.3 Å². The van der Waals surface area contributed by atoms with Crippen LogP contribution in [0.1, 0.15) is 29.5 Å². The summed E-state index contributed by atoms with van der Waals surface area (Å²) < 4.78 is 5.94. The van der Waals surface area contributed by atoms with E-state index in [4.69, 9.17) is 4.74 Å². The zero-order valence-corrected chi connectivity index (χ0v) is 11.8. The Morgan fingerprint density at radius 1 is 0.905 bits per heavy atom. The molecule has 0 aliphatic heterocycles. The third kappa shape index (κ3) is 3.01. The Labute approximate surface area is 124 Å². The van der Waals surface area contributed by atoms with Crippen molar-refractivity contribution >= 4 is 5.69 Å². The summed E-state index contributed by atoms with van der Waals surface area (Å²) in [4.78, 5) is 0. The summed E-state index contributed by atoms with van der Waals surface area (Å²) in [6.45, 7) is 0.522. The molecule has 0 unspecified atom stereocenters. The Kier molecular flexibility index (Phi) is 4.08. The number of nitrogens with zero attached hydrogens (tertiary/aromatic N) is 1. The molecule has 0 saturated carbocycles. The van der Waals surface area contributed by atoms with Gasteiger partial charge in [0.2, 0.25) is 0 Å². The van der Waals surface area contributed by atoms with Crippen LogP contribution in [0.4, 0.5) is 5.69 Å². The molecule has 2 aromatic rings. The molecule has 0 aromatic heterocycles. The Hall–Kier alpha value is -2.04. The molecule has 0 heterocycles. The quantitative estimate of drug-likeness (QED) is 0.840. The van der Waals surface area contributed by atoms with Crippen molar-refractivity contribution in [3.8, 4) is 5.75 Å². The van der Waals surface area contributed by atoms with Gasteiger partial charge in [0.1, 0.15) is 12.4 Å². The SMILES string of the molecule is ON(O)c1ccc(OCc2ccccc2)c2c1CCCC2. The van der Waals surface area contributed by atoms with E-state index in [-0.39, 0.29) is 5.23 Å². The maximum atomic E-state index is 9.33. The van der Waals surface area contributed by atoms with Gasteiger partial charge in [0.15, 0.2) is 0 Å². The minimum atomic E-state index is 0.213. The van der Waals surface area contributed by atoms with Gasteiger partial charge >= 0.3 is 0 Å². The number of benzene rings is 2. The van der Waals surface area contributed by atoms with Crippen LogP contribution in [0.25, 0.3) is 0 Å². The van der Waals surface area contributed by atoms with Gasteiger partial charge in [-0.15, -0.1) is 5.23 Å². The van der Waals surface area contributed by atoms with Crippen molar-refractivity contribution in [2.45, 2.75) is 32.3 Å². The summed E-state index contributed by atoms with van der Waals surface area (Å²) in [6, 6.07) is 13.6. The van der Waals surface area contributed by atoms with E-state index in [0.29, 0.717) is 12.3 Å². The summed E-state index contributed by atoms with van der Waals surface area (Å²) in [5.41, 5.74) is 3.66. The van der Waals surface area contributed by atoms with Crippen LogP contribution in [0.15, 0.2) is 42.5 Å². The van der Waals surface area contributed by atoms with E-state index in [1.165, 1.54) is 0 Å². The Morgan fingerprint density at radius 3 is 2.33 bits per heavy atom. The highest BCUT2D eigenvalue weighted by Crippen LogP contribution is 2.36. The molecule has 0 amide bonds. The first-order chi connectivity index (χ1) is 10.3. The van der Waals surface area contributed by atoms with E-state index in [2.05, 4.69) is 0 Å². The Balaban J connectivity index is 1.85. The van der Waals surface area contributed by atoms with Crippen molar-refractivity contribution in [3.63, 3.8) is 0 Å². The maximum Gasteiger partial charge on any atom is 0.123 e. The van der Waals surface area contributed by atoms with Crippen LogP contribution in [-0.4, -0.2) is 10.4 Å². The molecule has 0 spiro atoms. The van der Waals surface area contributed by atoms with Gasteiger partial charge < -0.3 is 4.74 Å². The number of fused-ring (bicyclic) bond motifs is 1.